The van der Waals surface area contributed by atoms with Gasteiger partial charge in [-0.2, -0.15) is 5.10 Å². The van der Waals surface area contributed by atoms with Gasteiger partial charge >= 0.3 is 0 Å². The van der Waals surface area contributed by atoms with E-state index in [0.29, 0.717) is 0 Å². The first-order chi connectivity index (χ1) is 9.42. The molecular formula is C15H12N4. The second-order valence-corrected chi connectivity index (χ2v) is 4.52. The monoisotopic (exact) mass is 248 g/mol. The Bertz CT molecular complexity index is 758. The van der Waals surface area contributed by atoms with Crippen LogP contribution in [0, 0.1) is 0 Å². The quantitative estimate of drug-likeness (QED) is 0.663. The van der Waals surface area contributed by atoms with Crippen molar-refractivity contribution in [3.05, 3.63) is 60.4 Å². The van der Waals surface area contributed by atoms with Gasteiger partial charge in [-0.3, -0.25) is 0 Å². The minimum absolute atomic E-state index is 0.738. The van der Waals surface area contributed by atoms with Crippen molar-refractivity contribution in [2.75, 3.05) is 4.90 Å². The van der Waals surface area contributed by atoms with Crippen molar-refractivity contribution in [3.8, 4) is 0 Å². The van der Waals surface area contributed by atoms with Gasteiger partial charge in [-0.25, -0.2) is 9.66 Å². The lowest BCUT2D eigenvalue weighted by atomic mass is 10.3. The number of hydrogen-bond donors (Lipinski definition) is 0. The Morgan fingerprint density at radius 2 is 1.68 bits per heavy atom. The fourth-order valence-corrected chi connectivity index (χ4v) is 2.38. The molecule has 92 valence electrons. The minimum Gasteiger partial charge on any atom is -0.323 e. The van der Waals surface area contributed by atoms with Crippen molar-refractivity contribution < 1.29 is 0 Å². The van der Waals surface area contributed by atoms with E-state index in [1.54, 1.807) is 0 Å². The smallest absolute Gasteiger partial charge is 0.151 e. The summed E-state index contributed by atoms with van der Waals surface area (Å²) in [5.41, 5.74) is 3.18. The molecule has 0 unspecified atom stereocenters. The van der Waals surface area contributed by atoms with E-state index in [1.807, 2.05) is 53.5 Å². The number of aromatic nitrogens is 2. The zero-order valence-electron chi connectivity index (χ0n) is 10.3. The van der Waals surface area contributed by atoms with Gasteiger partial charge < -0.3 is 4.90 Å². The van der Waals surface area contributed by atoms with Crippen molar-refractivity contribution in [3.63, 3.8) is 0 Å². The number of anilines is 1. The fraction of sp³-hybridized carbons (Fsp3) is 0.0667. The van der Waals surface area contributed by atoms with Gasteiger partial charge in [0.1, 0.15) is 6.34 Å². The Hall–Kier alpha value is -2.62. The third kappa shape index (κ3) is 1.61. The van der Waals surface area contributed by atoms with Crippen LogP contribution in [0.2, 0.25) is 0 Å². The largest absolute Gasteiger partial charge is 0.323 e. The lowest BCUT2D eigenvalue weighted by Gasteiger charge is -2.22. The van der Waals surface area contributed by atoms with Crippen LogP contribution in [0.25, 0.3) is 11.0 Å². The van der Waals surface area contributed by atoms with E-state index >= 15 is 0 Å². The van der Waals surface area contributed by atoms with E-state index in [0.717, 1.165) is 29.1 Å². The lowest BCUT2D eigenvalue weighted by Crippen LogP contribution is -2.26. The number of hydrogen-bond acceptors (Lipinski definition) is 3. The van der Waals surface area contributed by atoms with Crippen molar-refractivity contribution in [2.45, 2.75) is 6.54 Å². The van der Waals surface area contributed by atoms with E-state index in [9.17, 15) is 0 Å². The summed E-state index contributed by atoms with van der Waals surface area (Å²) in [6, 6.07) is 18.3. The average Bonchev–Trinajstić information content (AvgIpc) is 2.86. The minimum atomic E-state index is 0.738. The van der Waals surface area contributed by atoms with E-state index in [2.05, 4.69) is 27.1 Å². The summed E-state index contributed by atoms with van der Waals surface area (Å²) in [5.74, 6) is 0.965. The molecule has 4 nitrogen and oxygen atoms in total. The molecule has 4 rings (SSSR count). The van der Waals surface area contributed by atoms with E-state index < -0.39 is 0 Å². The topological polar surface area (TPSA) is 33.4 Å². The summed E-state index contributed by atoms with van der Waals surface area (Å²) in [5, 5.41) is 4.49. The highest BCUT2D eigenvalue weighted by Gasteiger charge is 2.17. The number of nitrogens with zero attached hydrogens (tertiary/aromatic N) is 4. The second-order valence-electron chi connectivity index (χ2n) is 4.52. The molecule has 1 aromatic heterocycles. The number of fused-ring (bicyclic) bond motifs is 3. The van der Waals surface area contributed by atoms with Gasteiger partial charge in [0.2, 0.25) is 0 Å². The Balaban J connectivity index is 1.79. The number of rotatable bonds is 1. The molecule has 0 bridgehead atoms. The van der Waals surface area contributed by atoms with Crippen molar-refractivity contribution >= 4 is 23.1 Å². The summed E-state index contributed by atoms with van der Waals surface area (Å²) in [4.78, 5) is 6.73. The molecule has 0 aliphatic carbocycles. The highest BCUT2D eigenvalue weighted by molar-refractivity contribution is 5.82. The predicted octanol–water partition coefficient (Wildman–Crippen LogP) is 2.85. The van der Waals surface area contributed by atoms with Crippen molar-refractivity contribution in [2.24, 2.45) is 5.10 Å². The molecule has 1 aliphatic rings. The van der Waals surface area contributed by atoms with Crippen LogP contribution in [-0.2, 0) is 6.54 Å². The fourth-order valence-electron chi connectivity index (χ4n) is 2.38. The molecule has 4 heteroatoms. The molecule has 0 fully saturated rings. The summed E-state index contributed by atoms with van der Waals surface area (Å²) in [6.45, 7) is 0.738. The van der Waals surface area contributed by atoms with Crippen LogP contribution >= 0.6 is 0 Å². The first-order valence-electron chi connectivity index (χ1n) is 6.24. The maximum Gasteiger partial charge on any atom is 0.151 e. The average molecular weight is 248 g/mol. The summed E-state index contributed by atoms with van der Waals surface area (Å²) in [6.07, 6.45) is 1.86. The van der Waals surface area contributed by atoms with E-state index in [4.69, 9.17) is 0 Å². The van der Waals surface area contributed by atoms with Gasteiger partial charge in [-0.05, 0) is 24.3 Å². The van der Waals surface area contributed by atoms with Crippen LogP contribution in [0.1, 0.15) is 5.82 Å². The standard InChI is InChI=1S/C15H12N4/c1-2-6-12(7-3-1)18-10-15-17-13-8-4-5-9-14(13)19(15)16-11-18/h1-9,11H,10H2. The van der Waals surface area contributed by atoms with Crippen LogP contribution in [0.15, 0.2) is 59.7 Å². The van der Waals surface area contributed by atoms with Crippen LogP contribution in [-0.4, -0.2) is 16.0 Å². The Morgan fingerprint density at radius 3 is 2.58 bits per heavy atom. The summed E-state index contributed by atoms with van der Waals surface area (Å²) >= 11 is 0. The van der Waals surface area contributed by atoms with Crippen LogP contribution in [0.3, 0.4) is 0 Å². The lowest BCUT2D eigenvalue weighted by molar-refractivity contribution is 0.754. The molecular weight excluding hydrogens is 236 g/mol. The molecule has 2 aromatic carbocycles. The Kier molecular flexibility index (Phi) is 2.14. The molecule has 19 heavy (non-hydrogen) atoms. The van der Waals surface area contributed by atoms with E-state index in [1.165, 1.54) is 0 Å². The summed E-state index contributed by atoms with van der Waals surface area (Å²) in [7, 11) is 0. The molecule has 0 saturated heterocycles. The van der Waals surface area contributed by atoms with Crippen LogP contribution in [0.5, 0.6) is 0 Å². The first-order valence-corrected chi connectivity index (χ1v) is 6.24. The van der Waals surface area contributed by atoms with Gasteiger partial charge in [-0.1, -0.05) is 30.3 Å². The van der Waals surface area contributed by atoms with Gasteiger partial charge in [0, 0.05) is 5.69 Å². The Morgan fingerprint density at radius 1 is 0.895 bits per heavy atom. The SMILES string of the molecule is C1=Nn2c(nc3ccccc32)CN1c1ccccc1. The molecule has 0 spiro atoms. The molecule has 2 heterocycles. The molecule has 0 atom stereocenters. The molecule has 0 N–H and O–H groups in total. The number of para-hydroxylation sites is 3. The molecule has 0 saturated carbocycles. The number of benzene rings is 2. The molecule has 3 aromatic rings. The van der Waals surface area contributed by atoms with Crippen LogP contribution in [0.4, 0.5) is 5.69 Å². The maximum atomic E-state index is 4.64. The van der Waals surface area contributed by atoms with Crippen molar-refractivity contribution in [1.29, 1.82) is 0 Å². The summed E-state index contributed by atoms with van der Waals surface area (Å²) < 4.78 is 1.91. The number of imidazole rings is 1. The predicted molar refractivity (Wildman–Crippen MR) is 76.2 cm³/mol. The third-order valence-electron chi connectivity index (χ3n) is 3.31. The maximum absolute atomic E-state index is 4.64. The van der Waals surface area contributed by atoms with Gasteiger partial charge in [0.25, 0.3) is 0 Å². The van der Waals surface area contributed by atoms with E-state index in [-0.39, 0.29) is 0 Å². The zero-order valence-corrected chi connectivity index (χ0v) is 10.3. The highest BCUT2D eigenvalue weighted by atomic mass is 15.4. The molecule has 0 amide bonds. The zero-order chi connectivity index (χ0) is 12.7. The molecule has 1 aliphatic heterocycles. The van der Waals surface area contributed by atoms with Gasteiger partial charge in [-0.15, -0.1) is 0 Å². The van der Waals surface area contributed by atoms with Gasteiger partial charge in [0.15, 0.2) is 5.82 Å². The van der Waals surface area contributed by atoms with Gasteiger partial charge in [0.05, 0.1) is 17.6 Å². The first kappa shape index (κ1) is 10.3. The third-order valence-corrected chi connectivity index (χ3v) is 3.31. The van der Waals surface area contributed by atoms with Crippen molar-refractivity contribution in [1.82, 2.24) is 9.66 Å². The highest BCUT2D eigenvalue weighted by Crippen LogP contribution is 2.22. The second kappa shape index (κ2) is 3.95. The Labute approximate surface area is 110 Å². The normalized spacial score (nSPS) is 13.8. The molecule has 0 radical (unpaired) electrons. The van der Waals surface area contributed by atoms with Crippen LogP contribution < -0.4 is 4.90 Å².